The third-order valence-electron chi connectivity index (χ3n) is 18.5. The highest BCUT2D eigenvalue weighted by Crippen LogP contribution is 2.38. The average molecular weight is 2080 g/mol. The highest BCUT2D eigenvalue weighted by atomic mass is 79.9. The number of anilines is 3. The summed E-state index contributed by atoms with van der Waals surface area (Å²) in [7, 11) is 16.4. The van der Waals surface area contributed by atoms with Gasteiger partial charge in [-0.1, -0.05) is 23.2 Å². The molecule has 0 atom stereocenters. The van der Waals surface area contributed by atoms with Crippen molar-refractivity contribution >= 4 is 161 Å². The Bertz CT molecular complexity index is 6630. The summed E-state index contributed by atoms with van der Waals surface area (Å²) in [6.07, 6.45) is 16.7. The molecule has 2 aromatic carbocycles. The fraction of sp³-hybridized carbons (Fsp3) is 0.298. The summed E-state index contributed by atoms with van der Waals surface area (Å²) in [6, 6.07) is 24.9. The Morgan fingerprint density at radius 3 is 1.22 bits per heavy atom. The van der Waals surface area contributed by atoms with Crippen LogP contribution in [-0.2, 0) is 28.4 Å². The van der Waals surface area contributed by atoms with E-state index in [1.165, 1.54) is 69.8 Å². The Labute approximate surface area is 796 Å². The fourth-order valence-corrected chi connectivity index (χ4v) is 15.1. The largest absolute Gasteiger partial charge is 0.502 e. The third kappa shape index (κ3) is 30.2. The summed E-state index contributed by atoms with van der Waals surface area (Å²) in [6.45, 7) is 12.3. The maximum atomic E-state index is 13.4. The van der Waals surface area contributed by atoms with E-state index >= 15 is 0 Å². The van der Waals surface area contributed by atoms with Gasteiger partial charge in [0.05, 0.1) is 78.7 Å². The number of benzene rings is 2. The van der Waals surface area contributed by atoms with Gasteiger partial charge in [-0.2, -0.15) is 0 Å². The first-order valence-corrected chi connectivity index (χ1v) is 45.4. The standard InChI is InChI=1S/C24H23ClFN5O5S.C18H21N5O3.C12H19BN2O3.C12H14BrN3O2.C8H5BrN2O2.C6H3Cl2FO2S.C4H10ClN.ClH/c1-30(2)8-9-36-20-13-27-22-7-4-15(14-31(22)24(20)32)16-10-19(23(35-3)28-12-16)29-37(33,34)21-6-5-17(26)11-18(21)25;1-22(2)6-7-26-15-10-20-16-5-4-12(11-23(16)18(15)24)13-8-14(19)17(25-3)21-9-13;1-11(2)12(3,4)18-13(17-11)8-6-9(14)10(16-5)15-7-8;1-15(2)5-6-18-10-7-14-11-4-3-9(13)8-16(11)12(10)17;9-5-1-2-7-10-3-6(12)8(13)11(7)4-5;7-5-3-4(9)1-2-6(5)12(8,10)11;1-6(2)4-3-5;/h4-7,10-14,29H,8-9H2,1-3H3;4-5,8-11H,6-7,19H2,1-3H3;6-7H,14H2,1-5H3;3-4,7-8H,5-6H2,1-2H3;1-4,12H;1-3H;3-4H2,1-2H3;1H. The number of fused-ring (bicyclic) bond motifs is 4. The highest BCUT2D eigenvalue weighted by Gasteiger charge is 2.52. The summed E-state index contributed by atoms with van der Waals surface area (Å²) in [5, 5.41) is 8.60. The Kier molecular flexibility index (Phi) is 39.9. The lowest BCUT2D eigenvalue weighted by molar-refractivity contribution is 0.00578. The van der Waals surface area contributed by atoms with Crippen LogP contribution in [0.4, 0.5) is 25.8 Å². The normalized spacial score (nSPS) is 12.5. The van der Waals surface area contributed by atoms with E-state index in [-0.39, 0.29) is 94.7 Å². The summed E-state index contributed by atoms with van der Waals surface area (Å²) in [4.78, 5) is 85.6. The maximum absolute atomic E-state index is 13.4. The zero-order chi connectivity index (χ0) is 95.9. The molecule has 0 radical (unpaired) electrons. The number of pyridine rings is 7. The number of hydrogen-bond acceptors (Lipinski definition) is 30. The molecular formula is C84H96BBr2Cl5F2N18O17S2. The molecule has 14 rings (SSSR count). The molecule has 0 amide bonds. The first-order chi connectivity index (χ1) is 61.3. The van der Waals surface area contributed by atoms with Gasteiger partial charge in [0.2, 0.25) is 40.6 Å². The molecule has 35 nitrogen and oxygen atoms in total. The molecule has 0 saturated carbocycles. The van der Waals surface area contributed by atoms with Crippen LogP contribution in [0, 0.1) is 11.6 Å². The van der Waals surface area contributed by atoms with Crippen LogP contribution in [0.3, 0.4) is 0 Å². The molecule has 0 unspecified atom stereocenters. The summed E-state index contributed by atoms with van der Waals surface area (Å²) >= 11 is 23.3. The number of halogens is 9. The van der Waals surface area contributed by atoms with Crippen LogP contribution in [0.2, 0.25) is 10.0 Å². The summed E-state index contributed by atoms with van der Waals surface area (Å²) in [5.41, 5.74) is 16.1. The van der Waals surface area contributed by atoms with Crippen LogP contribution in [0.1, 0.15) is 27.7 Å². The van der Waals surface area contributed by atoms with Gasteiger partial charge in [-0.05, 0) is 219 Å². The van der Waals surface area contributed by atoms with Gasteiger partial charge in [-0.15, -0.1) is 24.0 Å². The number of methoxy groups -OCH3 is 3. The predicted molar refractivity (Wildman–Crippen MR) is 513 cm³/mol. The van der Waals surface area contributed by atoms with Crippen molar-refractivity contribution in [3.63, 3.8) is 0 Å². The zero-order valence-electron chi connectivity index (χ0n) is 73.5. The fourth-order valence-electron chi connectivity index (χ4n) is 11.0. The maximum Gasteiger partial charge on any atom is 0.496 e. The van der Waals surface area contributed by atoms with Crippen LogP contribution >= 0.6 is 89.8 Å². The molecule has 0 bridgehead atoms. The van der Waals surface area contributed by atoms with Crippen LogP contribution in [0.5, 0.6) is 40.6 Å². The number of aromatic hydroxyl groups is 1. The number of likely N-dealkylation sites (N-methyl/N-ethyl adjacent to an activating group) is 3. The SMILES string of the molecule is CN(C)CCCl.CN(C)CCOc1cnc2ccc(Br)cn2c1=O.COc1ncc(-c2ccc3ncc(OCCN(C)C)c(=O)n3c2)cc1N.COc1ncc(-c2ccc3ncc(OCCN(C)C)c(=O)n3c2)cc1NS(=O)(=O)c1ccc(F)cc1Cl.COc1ncc(B2OC(C)(C)C(C)(C)O2)cc1N.Cl.O=S(=O)(Cl)c1ccc(F)cc1Cl.O=c1c(O)cnc2ccc(Br)cn12. The molecule has 702 valence electrons. The van der Waals surface area contributed by atoms with Crippen LogP contribution < -0.4 is 72.3 Å². The van der Waals surface area contributed by atoms with Crippen LogP contribution in [-0.4, -0.2) is 242 Å². The number of rotatable bonds is 24. The molecule has 12 heterocycles. The van der Waals surface area contributed by atoms with Crippen molar-refractivity contribution < 1.29 is 68.5 Å². The number of ether oxygens (including phenoxy) is 6. The van der Waals surface area contributed by atoms with E-state index in [1.807, 2.05) is 116 Å². The molecule has 0 aliphatic carbocycles. The second-order valence-electron chi connectivity index (χ2n) is 29.9. The molecule has 6 N–H and O–H groups in total. The number of sulfonamides is 1. The second kappa shape index (κ2) is 48.6. The average Bonchev–Trinajstić information content (AvgIpc) is 1.71. The van der Waals surface area contributed by atoms with Gasteiger partial charge in [0.15, 0.2) is 0 Å². The molecule has 13 aromatic rings. The minimum Gasteiger partial charge on any atom is -0.502 e. The van der Waals surface area contributed by atoms with Crippen molar-refractivity contribution in [2.24, 2.45) is 0 Å². The van der Waals surface area contributed by atoms with Gasteiger partial charge in [-0.3, -0.25) is 41.5 Å². The van der Waals surface area contributed by atoms with E-state index in [1.54, 1.807) is 85.7 Å². The first-order valence-electron chi connectivity index (χ1n) is 38.7. The second-order valence-corrected chi connectivity index (χ2v) is 37.1. The van der Waals surface area contributed by atoms with Gasteiger partial charge in [-0.25, -0.2) is 60.5 Å². The van der Waals surface area contributed by atoms with Crippen LogP contribution in [0.25, 0.3) is 44.8 Å². The van der Waals surface area contributed by atoms with Crippen molar-refractivity contribution in [2.45, 2.75) is 48.7 Å². The van der Waals surface area contributed by atoms with E-state index in [0.717, 1.165) is 87.1 Å². The molecule has 1 fully saturated rings. The molecule has 47 heteroatoms. The molecule has 1 aliphatic rings. The van der Waals surface area contributed by atoms with E-state index < -0.39 is 43.4 Å². The zero-order valence-corrected chi connectivity index (χ0v) is 82.1. The molecule has 1 saturated heterocycles. The molecule has 0 spiro atoms. The lowest BCUT2D eigenvalue weighted by atomic mass is 9.80. The first kappa shape index (κ1) is 107. The monoisotopic (exact) mass is 2070 g/mol. The molecule has 1 aliphatic heterocycles. The van der Waals surface area contributed by atoms with Gasteiger partial charge in [0, 0.05) is 123 Å². The predicted octanol–water partition coefficient (Wildman–Crippen LogP) is 11.7. The van der Waals surface area contributed by atoms with E-state index in [9.17, 15) is 44.8 Å². The number of nitrogens with two attached hydrogens (primary N) is 2. The Hall–Kier alpha value is -10.7. The Morgan fingerprint density at radius 2 is 0.847 bits per heavy atom. The smallest absolute Gasteiger partial charge is 0.496 e. The molecule has 131 heavy (non-hydrogen) atoms. The molecule has 11 aromatic heterocycles. The highest BCUT2D eigenvalue weighted by molar-refractivity contribution is 9.10. The van der Waals surface area contributed by atoms with Crippen molar-refractivity contribution in [2.75, 3.05) is 146 Å². The lowest BCUT2D eigenvalue weighted by Crippen LogP contribution is -2.41. The van der Waals surface area contributed by atoms with E-state index in [2.05, 4.69) is 71.5 Å². The lowest BCUT2D eigenvalue weighted by Gasteiger charge is -2.32. The topological polar surface area (TPSA) is 416 Å². The number of nitrogen functional groups attached to an aromatic ring is 2. The third-order valence-corrected chi connectivity index (χ3v) is 23.3. The summed E-state index contributed by atoms with van der Waals surface area (Å²) in [5.74, 6) is 0.474. The molecular weight excluding hydrogens is 1980 g/mol. The van der Waals surface area contributed by atoms with Crippen LogP contribution in [0.15, 0.2) is 209 Å². The number of nitrogens with one attached hydrogen (secondary N) is 1. The number of nitrogens with zero attached hydrogens (tertiary/aromatic N) is 15. The van der Waals surface area contributed by atoms with E-state index in [0.29, 0.717) is 89.8 Å². The van der Waals surface area contributed by atoms with Gasteiger partial charge in [0.25, 0.3) is 41.3 Å². The van der Waals surface area contributed by atoms with Gasteiger partial charge in [0.1, 0.15) is 69.5 Å². The Morgan fingerprint density at radius 1 is 0.481 bits per heavy atom. The van der Waals surface area contributed by atoms with Crippen molar-refractivity contribution in [3.8, 4) is 62.9 Å². The minimum atomic E-state index is -4.21. The van der Waals surface area contributed by atoms with Crippen molar-refractivity contribution in [1.29, 1.82) is 0 Å². The number of aromatic nitrogens is 11. The van der Waals surface area contributed by atoms with Crippen molar-refractivity contribution in [3.05, 3.63) is 243 Å². The number of alkyl halides is 1. The van der Waals surface area contributed by atoms with Crippen molar-refractivity contribution in [1.82, 2.24) is 72.1 Å². The van der Waals surface area contributed by atoms with Gasteiger partial charge >= 0.3 is 7.12 Å². The minimum absolute atomic E-state index is 0. The Balaban J connectivity index is 0.000000221. The quantitative estimate of drug-likeness (QED) is 0.0248. The summed E-state index contributed by atoms with van der Waals surface area (Å²) < 4.78 is 126. The number of hydrogen-bond donors (Lipinski definition) is 4. The van der Waals surface area contributed by atoms with E-state index in [4.69, 9.17) is 99.8 Å². The van der Waals surface area contributed by atoms with Gasteiger partial charge < -0.3 is 73.9 Å².